The van der Waals surface area contributed by atoms with Crippen LogP contribution in [0.1, 0.15) is 39.0 Å². The highest BCUT2D eigenvalue weighted by molar-refractivity contribution is 7.99. The fraction of sp³-hybridized carbons (Fsp3) is 1.00. The van der Waals surface area contributed by atoms with Crippen molar-refractivity contribution in [2.75, 3.05) is 18.1 Å². The molecule has 0 saturated carbocycles. The van der Waals surface area contributed by atoms with Gasteiger partial charge in [0.25, 0.3) is 0 Å². The Morgan fingerprint density at radius 2 is 1.93 bits per heavy atom. The predicted octanol–water partition coefficient (Wildman–Crippen LogP) is 2.12. The quantitative estimate of drug-likeness (QED) is 0.731. The van der Waals surface area contributed by atoms with Crippen molar-refractivity contribution >= 4 is 11.8 Å². The molecule has 2 bridgehead atoms. The Morgan fingerprint density at radius 1 is 1.27 bits per heavy atom. The summed E-state index contributed by atoms with van der Waals surface area (Å²) in [5.74, 6) is 2.54. The summed E-state index contributed by atoms with van der Waals surface area (Å²) in [6.07, 6.45) is 6.01. The van der Waals surface area contributed by atoms with Crippen molar-refractivity contribution < 1.29 is 5.11 Å². The van der Waals surface area contributed by atoms with Gasteiger partial charge in [0, 0.05) is 12.1 Å². The summed E-state index contributed by atoms with van der Waals surface area (Å²) < 4.78 is 0. The van der Waals surface area contributed by atoms with E-state index in [4.69, 9.17) is 0 Å². The molecule has 88 valence electrons. The van der Waals surface area contributed by atoms with Crippen LogP contribution in [0.2, 0.25) is 0 Å². The number of hydrogen-bond donors (Lipinski definition) is 1. The minimum absolute atomic E-state index is 0.0104. The van der Waals surface area contributed by atoms with Crippen LogP contribution in [0.25, 0.3) is 0 Å². The molecule has 2 atom stereocenters. The Labute approximate surface area is 97.4 Å². The number of rotatable bonds is 5. The number of thioether (sulfide) groups is 1. The number of piperidine rings is 1. The standard InChI is InChI=1S/C12H23NOS/c1-2-15-7-3-6-13-10-4-5-11(13)9-12(14)8-10/h10-12,14H,2-9H2,1H3. The molecular formula is C12H23NOS. The molecule has 1 N–H and O–H groups in total. The zero-order chi connectivity index (χ0) is 10.7. The zero-order valence-electron chi connectivity index (χ0n) is 9.69. The molecule has 2 fully saturated rings. The lowest BCUT2D eigenvalue weighted by Gasteiger charge is -2.37. The predicted molar refractivity (Wildman–Crippen MR) is 66.4 cm³/mol. The number of aliphatic hydroxyl groups excluding tert-OH is 1. The first-order valence-electron chi connectivity index (χ1n) is 6.32. The molecule has 2 rings (SSSR count). The molecule has 0 aromatic heterocycles. The average molecular weight is 229 g/mol. The van der Waals surface area contributed by atoms with E-state index in [1.165, 1.54) is 37.3 Å². The smallest absolute Gasteiger partial charge is 0.0570 e. The molecule has 2 aliphatic rings. The van der Waals surface area contributed by atoms with Crippen molar-refractivity contribution in [2.45, 2.75) is 57.2 Å². The number of fused-ring (bicyclic) bond motifs is 2. The van der Waals surface area contributed by atoms with E-state index in [9.17, 15) is 5.11 Å². The van der Waals surface area contributed by atoms with Gasteiger partial charge in [0.05, 0.1) is 6.10 Å². The van der Waals surface area contributed by atoms with Gasteiger partial charge in [-0.15, -0.1) is 0 Å². The highest BCUT2D eigenvalue weighted by Crippen LogP contribution is 2.35. The minimum Gasteiger partial charge on any atom is -0.393 e. The van der Waals surface area contributed by atoms with E-state index in [1.54, 1.807) is 0 Å². The van der Waals surface area contributed by atoms with Crippen LogP contribution >= 0.6 is 11.8 Å². The SMILES string of the molecule is CCSCCCN1C2CCC1CC(O)C2. The molecular weight excluding hydrogens is 206 g/mol. The maximum atomic E-state index is 9.69. The summed E-state index contributed by atoms with van der Waals surface area (Å²) in [6.45, 7) is 3.49. The lowest BCUT2D eigenvalue weighted by Crippen LogP contribution is -2.45. The second-order valence-electron chi connectivity index (χ2n) is 4.80. The molecule has 3 heteroatoms. The van der Waals surface area contributed by atoms with Crippen LogP contribution < -0.4 is 0 Å². The van der Waals surface area contributed by atoms with E-state index in [2.05, 4.69) is 11.8 Å². The van der Waals surface area contributed by atoms with Crippen molar-refractivity contribution in [3.8, 4) is 0 Å². The van der Waals surface area contributed by atoms with E-state index in [1.807, 2.05) is 11.8 Å². The summed E-state index contributed by atoms with van der Waals surface area (Å²) in [5, 5.41) is 9.69. The Hall–Kier alpha value is 0.270. The summed E-state index contributed by atoms with van der Waals surface area (Å²) in [7, 11) is 0. The second-order valence-corrected chi connectivity index (χ2v) is 6.19. The third-order valence-electron chi connectivity index (χ3n) is 3.77. The normalized spacial score (nSPS) is 36.0. The first-order chi connectivity index (χ1) is 7.31. The maximum absolute atomic E-state index is 9.69. The molecule has 0 aromatic rings. The number of aliphatic hydroxyl groups is 1. The van der Waals surface area contributed by atoms with E-state index < -0.39 is 0 Å². The molecule has 0 amide bonds. The first kappa shape index (κ1) is 11.7. The van der Waals surface area contributed by atoms with Gasteiger partial charge in [-0.1, -0.05) is 6.92 Å². The monoisotopic (exact) mass is 229 g/mol. The molecule has 0 aliphatic carbocycles. The van der Waals surface area contributed by atoms with E-state index in [0.717, 1.165) is 12.8 Å². The Balaban J connectivity index is 1.74. The fourth-order valence-electron chi connectivity index (χ4n) is 3.10. The van der Waals surface area contributed by atoms with Gasteiger partial charge >= 0.3 is 0 Å². The Kier molecular flexibility index (Phi) is 4.35. The maximum Gasteiger partial charge on any atom is 0.0570 e. The Bertz CT molecular complexity index is 186. The van der Waals surface area contributed by atoms with Crippen molar-refractivity contribution in [3.63, 3.8) is 0 Å². The van der Waals surface area contributed by atoms with Crippen LogP contribution in [0.15, 0.2) is 0 Å². The van der Waals surface area contributed by atoms with Gasteiger partial charge in [0.2, 0.25) is 0 Å². The lowest BCUT2D eigenvalue weighted by atomic mass is 10.00. The first-order valence-corrected chi connectivity index (χ1v) is 7.48. The third kappa shape index (κ3) is 2.89. The molecule has 0 radical (unpaired) electrons. The van der Waals surface area contributed by atoms with Crippen LogP contribution in [0, 0.1) is 0 Å². The summed E-state index contributed by atoms with van der Waals surface area (Å²) in [4.78, 5) is 2.67. The van der Waals surface area contributed by atoms with Crippen LogP contribution in [-0.2, 0) is 0 Å². The zero-order valence-corrected chi connectivity index (χ0v) is 10.5. The molecule has 2 nitrogen and oxygen atoms in total. The van der Waals surface area contributed by atoms with Crippen molar-refractivity contribution in [3.05, 3.63) is 0 Å². The molecule has 2 aliphatic heterocycles. The van der Waals surface area contributed by atoms with Crippen molar-refractivity contribution in [1.29, 1.82) is 0 Å². The van der Waals surface area contributed by atoms with E-state index >= 15 is 0 Å². The van der Waals surface area contributed by atoms with Gasteiger partial charge in [-0.2, -0.15) is 11.8 Å². The van der Waals surface area contributed by atoms with E-state index in [0.29, 0.717) is 12.1 Å². The second kappa shape index (κ2) is 5.55. The summed E-state index contributed by atoms with van der Waals surface area (Å²) in [6, 6.07) is 1.40. The van der Waals surface area contributed by atoms with Gasteiger partial charge in [-0.3, -0.25) is 4.90 Å². The number of hydrogen-bond acceptors (Lipinski definition) is 3. The molecule has 2 unspecified atom stereocenters. The molecule has 0 aromatic carbocycles. The number of nitrogens with zero attached hydrogens (tertiary/aromatic N) is 1. The van der Waals surface area contributed by atoms with Gasteiger partial charge in [0.1, 0.15) is 0 Å². The Morgan fingerprint density at radius 3 is 2.53 bits per heavy atom. The highest BCUT2D eigenvalue weighted by atomic mass is 32.2. The van der Waals surface area contributed by atoms with Crippen molar-refractivity contribution in [2.24, 2.45) is 0 Å². The van der Waals surface area contributed by atoms with Crippen LogP contribution in [0.4, 0.5) is 0 Å². The van der Waals surface area contributed by atoms with Gasteiger partial charge < -0.3 is 5.11 Å². The third-order valence-corrected chi connectivity index (χ3v) is 4.75. The van der Waals surface area contributed by atoms with Gasteiger partial charge in [0.15, 0.2) is 0 Å². The van der Waals surface area contributed by atoms with Gasteiger partial charge in [-0.25, -0.2) is 0 Å². The van der Waals surface area contributed by atoms with E-state index in [-0.39, 0.29) is 6.10 Å². The summed E-state index contributed by atoms with van der Waals surface area (Å²) in [5.41, 5.74) is 0. The molecule has 2 heterocycles. The molecule has 15 heavy (non-hydrogen) atoms. The highest BCUT2D eigenvalue weighted by Gasteiger charge is 2.39. The lowest BCUT2D eigenvalue weighted by molar-refractivity contribution is 0.0358. The van der Waals surface area contributed by atoms with Crippen LogP contribution in [0.3, 0.4) is 0 Å². The van der Waals surface area contributed by atoms with Crippen molar-refractivity contribution in [1.82, 2.24) is 4.90 Å². The van der Waals surface area contributed by atoms with Crippen LogP contribution in [-0.4, -0.2) is 46.2 Å². The van der Waals surface area contributed by atoms with Gasteiger partial charge in [-0.05, 0) is 50.2 Å². The van der Waals surface area contributed by atoms with Crippen LogP contribution in [0.5, 0.6) is 0 Å². The fourth-order valence-corrected chi connectivity index (χ4v) is 3.73. The minimum atomic E-state index is -0.0104. The molecule has 2 saturated heterocycles. The average Bonchev–Trinajstić information content (AvgIpc) is 2.46. The largest absolute Gasteiger partial charge is 0.393 e. The topological polar surface area (TPSA) is 23.5 Å². The molecule has 0 spiro atoms. The summed E-state index contributed by atoms with van der Waals surface area (Å²) >= 11 is 2.04.